The highest BCUT2D eigenvalue weighted by molar-refractivity contribution is 7.90. The van der Waals surface area contributed by atoms with Crippen LogP contribution >= 0.6 is 0 Å². The Morgan fingerprint density at radius 3 is 2.33 bits per heavy atom. The number of rotatable bonds is 6. The summed E-state index contributed by atoms with van der Waals surface area (Å²) in [4.78, 5) is 12.1. The van der Waals surface area contributed by atoms with Gasteiger partial charge in [0.1, 0.15) is 0 Å². The van der Waals surface area contributed by atoms with Crippen molar-refractivity contribution >= 4 is 16.1 Å². The molecule has 0 radical (unpaired) electrons. The molecule has 1 fully saturated rings. The van der Waals surface area contributed by atoms with Gasteiger partial charge in [0, 0.05) is 6.04 Å². The molecule has 134 valence electrons. The van der Waals surface area contributed by atoms with E-state index in [-0.39, 0.29) is 10.9 Å². The Morgan fingerprint density at radius 1 is 1.12 bits per heavy atom. The van der Waals surface area contributed by atoms with Gasteiger partial charge in [0.15, 0.2) is 0 Å². The number of urea groups is 1. The van der Waals surface area contributed by atoms with Crippen LogP contribution in [0.2, 0.25) is 0 Å². The van der Waals surface area contributed by atoms with E-state index in [0.717, 1.165) is 37.2 Å². The highest BCUT2D eigenvalue weighted by Gasteiger charge is 2.24. The van der Waals surface area contributed by atoms with Crippen molar-refractivity contribution in [2.75, 3.05) is 0 Å². The maximum atomic E-state index is 12.2. The number of unbranched alkanes of at least 4 members (excludes halogenated alkanes) is 1. The van der Waals surface area contributed by atoms with E-state index >= 15 is 0 Å². The van der Waals surface area contributed by atoms with Crippen molar-refractivity contribution in [3.63, 3.8) is 0 Å². The van der Waals surface area contributed by atoms with Crippen LogP contribution in [0.4, 0.5) is 4.79 Å². The molecule has 1 aliphatic rings. The first-order chi connectivity index (χ1) is 11.4. The number of carbonyl (C=O) groups excluding carboxylic acids is 1. The first-order valence-electron chi connectivity index (χ1n) is 8.80. The number of sulfonamides is 1. The highest BCUT2D eigenvalue weighted by Crippen LogP contribution is 2.28. The molecule has 1 aliphatic carbocycles. The van der Waals surface area contributed by atoms with Gasteiger partial charge >= 0.3 is 6.03 Å². The lowest BCUT2D eigenvalue weighted by atomic mass is 9.83. The van der Waals surface area contributed by atoms with Crippen LogP contribution in [-0.2, 0) is 10.0 Å². The molecule has 0 bridgehead atoms. The molecule has 2 amide bonds. The zero-order valence-corrected chi connectivity index (χ0v) is 15.4. The summed E-state index contributed by atoms with van der Waals surface area (Å²) in [7, 11) is -3.81. The van der Waals surface area contributed by atoms with Crippen molar-refractivity contribution in [1.82, 2.24) is 10.0 Å². The molecule has 1 aromatic carbocycles. The summed E-state index contributed by atoms with van der Waals surface area (Å²) in [5.74, 6) is 0.752. The average molecular weight is 353 g/mol. The average Bonchev–Trinajstić information content (AvgIpc) is 2.54. The standard InChI is InChI=1S/C18H28N2O3S/c1-3-4-5-15-8-10-16(11-9-15)19-18(21)20-24(22,23)17-12-6-14(2)7-13-17/h6-7,12-13,15-16H,3-5,8-11H2,1-2H3,(H2,19,20,21). The third-order valence-corrected chi connectivity index (χ3v) is 6.05. The quantitative estimate of drug-likeness (QED) is 0.819. The fourth-order valence-electron chi connectivity index (χ4n) is 3.20. The second-order valence-electron chi connectivity index (χ2n) is 6.75. The molecule has 24 heavy (non-hydrogen) atoms. The Balaban J connectivity index is 1.82. The third kappa shape index (κ3) is 5.51. The lowest BCUT2D eigenvalue weighted by Gasteiger charge is -2.29. The first-order valence-corrected chi connectivity index (χ1v) is 10.3. The lowest BCUT2D eigenvalue weighted by molar-refractivity contribution is 0.229. The Morgan fingerprint density at radius 2 is 1.75 bits per heavy atom. The normalized spacial score (nSPS) is 21.2. The van der Waals surface area contributed by atoms with Crippen LogP contribution in [0.15, 0.2) is 29.2 Å². The topological polar surface area (TPSA) is 75.3 Å². The smallest absolute Gasteiger partial charge is 0.328 e. The van der Waals surface area contributed by atoms with Crippen molar-refractivity contribution < 1.29 is 13.2 Å². The van der Waals surface area contributed by atoms with Crippen LogP contribution in [0.3, 0.4) is 0 Å². The molecule has 0 unspecified atom stereocenters. The van der Waals surface area contributed by atoms with E-state index in [1.54, 1.807) is 12.1 Å². The SMILES string of the molecule is CCCCC1CCC(NC(=O)NS(=O)(=O)c2ccc(C)cc2)CC1. The van der Waals surface area contributed by atoms with E-state index in [2.05, 4.69) is 17.0 Å². The molecule has 1 aromatic rings. The van der Waals surface area contributed by atoms with Crippen LogP contribution in [-0.4, -0.2) is 20.5 Å². The minimum atomic E-state index is -3.81. The van der Waals surface area contributed by atoms with E-state index < -0.39 is 16.1 Å². The molecule has 2 N–H and O–H groups in total. The summed E-state index contributed by atoms with van der Waals surface area (Å²) in [5, 5.41) is 2.80. The molecule has 5 nitrogen and oxygen atoms in total. The number of benzene rings is 1. The van der Waals surface area contributed by atoms with Gasteiger partial charge in [-0.2, -0.15) is 0 Å². The van der Waals surface area contributed by atoms with Gasteiger partial charge < -0.3 is 5.32 Å². The molecule has 0 aliphatic heterocycles. The Bertz CT molecular complexity index is 633. The first kappa shape index (κ1) is 18.8. The fraction of sp³-hybridized carbons (Fsp3) is 0.611. The molecule has 0 aromatic heterocycles. The molecule has 6 heteroatoms. The highest BCUT2D eigenvalue weighted by atomic mass is 32.2. The van der Waals surface area contributed by atoms with E-state index in [0.29, 0.717) is 0 Å². The van der Waals surface area contributed by atoms with Crippen LogP contribution in [0.5, 0.6) is 0 Å². The van der Waals surface area contributed by atoms with Gasteiger partial charge in [-0.05, 0) is 50.7 Å². The fourth-order valence-corrected chi connectivity index (χ4v) is 4.12. The van der Waals surface area contributed by atoms with Gasteiger partial charge in [-0.3, -0.25) is 0 Å². The minimum absolute atomic E-state index is 0.0658. The summed E-state index contributed by atoms with van der Waals surface area (Å²) in [5.41, 5.74) is 0.971. The lowest BCUT2D eigenvalue weighted by Crippen LogP contribution is -2.45. The molecular weight excluding hydrogens is 324 g/mol. The maximum absolute atomic E-state index is 12.2. The van der Waals surface area contributed by atoms with Crippen LogP contribution in [0.1, 0.15) is 57.4 Å². The minimum Gasteiger partial charge on any atom is -0.335 e. The molecule has 2 rings (SSSR count). The Labute approximate surface area is 145 Å². The van der Waals surface area contributed by atoms with Crippen LogP contribution in [0, 0.1) is 12.8 Å². The van der Waals surface area contributed by atoms with Gasteiger partial charge in [-0.1, -0.05) is 43.9 Å². The van der Waals surface area contributed by atoms with E-state index in [9.17, 15) is 13.2 Å². The number of hydrogen-bond donors (Lipinski definition) is 2. The largest absolute Gasteiger partial charge is 0.335 e. The predicted octanol–water partition coefficient (Wildman–Crippen LogP) is 3.73. The zero-order chi connectivity index (χ0) is 17.6. The predicted molar refractivity (Wildman–Crippen MR) is 95.3 cm³/mol. The summed E-state index contributed by atoms with van der Waals surface area (Å²) in [6.07, 6.45) is 7.80. The molecule has 0 atom stereocenters. The van der Waals surface area contributed by atoms with Crippen molar-refractivity contribution in [3.05, 3.63) is 29.8 Å². The number of nitrogens with one attached hydrogen (secondary N) is 2. The molecular formula is C18H28N2O3S. The number of aryl methyl sites for hydroxylation is 1. The summed E-state index contributed by atoms with van der Waals surface area (Å²) >= 11 is 0. The van der Waals surface area contributed by atoms with Crippen molar-refractivity contribution in [3.8, 4) is 0 Å². The second kappa shape index (κ2) is 8.51. The van der Waals surface area contributed by atoms with Crippen molar-refractivity contribution in [2.24, 2.45) is 5.92 Å². The number of amides is 2. The second-order valence-corrected chi connectivity index (χ2v) is 8.43. The third-order valence-electron chi connectivity index (χ3n) is 4.71. The summed E-state index contributed by atoms with van der Waals surface area (Å²) < 4.78 is 26.5. The zero-order valence-electron chi connectivity index (χ0n) is 14.5. The van der Waals surface area contributed by atoms with Crippen LogP contribution in [0.25, 0.3) is 0 Å². The molecule has 0 saturated heterocycles. The van der Waals surface area contributed by atoms with E-state index in [1.807, 2.05) is 6.92 Å². The monoisotopic (exact) mass is 352 g/mol. The van der Waals surface area contributed by atoms with Crippen LogP contribution < -0.4 is 10.0 Å². The molecule has 1 saturated carbocycles. The van der Waals surface area contributed by atoms with Gasteiger partial charge in [0.25, 0.3) is 10.0 Å². The van der Waals surface area contributed by atoms with Gasteiger partial charge in [-0.25, -0.2) is 17.9 Å². The molecule has 0 heterocycles. The van der Waals surface area contributed by atoms with Gasteiger partial charge in [-0.15, -0.1) is 0 Å². The maximum Gasteiger partial charge on any atom is 0.328 e. The Hall–Kier alpha value is -1.56. The molecule has 0 spiro atoms. The number of hydrogen-bond acceptors (Lipinski definition) is 3. The van der Waals surface area contributed by atoms with E-state index in [1.165, 1.54) is 31.4 Å². The summed E-state index contributed by atoms with van der Waals surface area (Å²) in [6.45, 7) is 4.08. The summed E-state index contributed by atoms with van der Waals surface area (Å²) in [6, 6.07) is 5.87. The van der Waals surface area contributed by atoms with Gasteiger partial charge in [0.05, 0.1) is 4.90 Å². The van der Waals surface area contributed by atoms with Gasteiger partial charge in [0.2, 0.25) is 0 Å². The Kier molecular flexibility index (Phi) is 6.66. The number of carbonyl (C=O) groups is 1. The van der Waals surface area contributed by atoms with Crippen molar-refractivity contribution in [2.45, 2.75) is 69.7 Å². The van der Waals surface area contributed by atoms with Crippen molar-refractivity contribution in [1.29, 1.82) is 0 Å². The van der Waals surface area contributed by atoms with E-state index in [4.69, 9.17) is 0 Å².